The first-order valence-electron chi connectivity index (χ1n) is 13.9. The van der Waals surface area contributed by atoms with Crippen molar-refractivity contribution in [3.05, 3.63) is 131 Å². The van der Waals surface area contributed by atoms with E-state index < -0.39 is 6.29 Å². The zero-order valence-corrected chi connectivity index (χ0v) is 23.2. The number of nitrogens with one attached hydrogen (secondary N) is 1. The predicted octanol–water partition coefficient (Wildman–Crippen LogP) is 4.62. The van der Waals surface area contributed by atoms with Gasteiger partial charge in [0.1, 0.15) is 0 Å². The van der Waals surface area contributed by atoms with E-state index in [1.54, 1.807) is 24.5 Å². The number of benzene rings is 2. The molecule has 0 radical (unpaired) electrons. The van der Waals surface area contributed by atoms with E-state index in [2.05, 4.69) is 33.3 Å². The number of hydrogen-bond acceptors (Lipinski definition) is 7. The zero-order chi connectivity index (χ0) is 28.4. The van der Waals surface area contributed by atoms with Gasteiger partial charge >= 0.3 is 0 Å². The van der Waals surface area contributed by atoms with Gasteiger partial charge in [0.25, 0.3) is 5.91 Å². The maximum Gasteiger partial charge on any atom is 0.253 e. The SMILES string of the molecule is CN(CCc1ccccn1)C[C@H]1C[C@@H](c2ccc(CO)cc2)O[C@@H](c2ccc(CNC(=O)c3cccnc3)cc2)O1. The van der Waals surface area contributed by atoms with Crippen LogP contribution in [0.5, 0.6) is 0 Å². The number of aliphatic hydroxyl groups is 1. The quantitative estimate of drug-likeness (QED) is 0.280. The Hall–Kier alpha value is -3.95. The van der Waals surface area contributed by atoms with Gasteiger partial charge in [0.05, 0.1) is 24.4 Å². The van der Waals surface area contributed by atoms with Gasteiger partial charge in [0.2, 0.25) is 0 Å². The van der Waals surface area contributed by atoms with Crippen LogP contribution in [0.15, 0.2) is 97.5 Å². The highest BCUT2D eigenvalue weighted by molar-refractivity contribution is 5.93. The molecule has 8 heteroatoms. The molecule has 3 heterocycles. The van der Waals surface area contributed by atoms with Crippen LogP contribution < -0.4 is 5.32 Å². The highest BCUT2D eigenvalue weighted by atomic mass is 16.7. The Bertz CT molecular complexity index is 1370. The molecule has 0 aliphatic carbocycles. The van der Waals surface area contributed by atoms with Crippen molar-refractivity contribution in [1.82, 2.24) is 20.2 Å². The lowest BCUT2D eigenvalue weighted by Gasteiger charge is -2.38. The van der Waals surface area contributed by atoms with Crippen LogP contribution in [0.25, 0.3) is 0 Å². The number of hydrogen-bond donors (Lipinski definition) is 2. The Morgan fingerprint density at radius 2 is 1.73 bits per heavy atom. The first-order valence-corrected chi connectivity index (χ1v) is 13.9. The molecule has 0 unspecified atom stereocenters. The summed E-state index contributed by atoms with van der Waals surface area (Å²) in [6, 6.07) is 25.4. The monoisotopic (exact) mass is 552 g/mol. The third-order valence-electron chi connectivity index (χ3n) is 7.23. The topological polar surface area (TPSA) is 96.8 Å². The second kappa shape index (κ2) is 14.1. The van der Waals surface area contributed by atoms with Crippen LogP contribution in [0.1, 0.15) is 57.1 Å². The molecule has 5 rings (SSSR count). The average Bonchev–Trinajstić information content (AvgIpc) is 3.03. The molecular formula is C33H36N4O4. The van der Waals surface area contributed by atoms with Gasteiger partial charge in [-0.3, -0.25) is 14.8 Å². The van der Waals surface area contributed by atoms with E-state index in [-0.39, 0.29) is 24.7 Å². The minimum Gasteiger partial charge on any atom is -0.392 e. The van der Waals surface area contributed by atoms with Crippen LogP contribution in [-0.2, 0) is 29.0 Å². The van der Waals surface area contributed by atoms with Gasteiger partial charge in [0.15, 0.2) is 6.29 Å². The highest BCUT2D eigenvalue weighted by Gasteiger charge is 2.32. The third-order valence-corrected chi connectivity index (χ3v) is 7.23. The minimum absolute atomic E-state index is 0.0102. The molecule has 8 nitrogen and oxygen atoms in total. The minimum atomic E-state index is -0.528. The number of carbonyl (C=O) groups is 1. The number of nitrogens with zero attached hydrogens (tertiary/aromatic N) is 3. The molecule has 2 aromatic heterocycles. The first kappa shape index (κ1) is 28.6. The first-order chi connectivity index (χ1) is 20.1. The Morgan fingerprint density at radius 1 is 0.951 bits per heavy atom. The summed E-state index contributed by atoms with van der Waals surface area (Å²) in [4.78, 5) is 23.1. The van der Waals surface area contributed by atoms with Gasteiger partial charge in [-0.1, -0.05) is 54.6 Å². The van der Waals surface area contributed by atoms with E-state index in [0.29, 0.717) is 12.1 Å². The second-order valence-electron chi connectivity index (χ2n) is 10.3. The van der Waals surface area contributed by atoms with Gasteiger partial charge in [-0.05, 0) is 48.0 Å². The molecular weight excluding hydrogens is 516 g/mol. The summed E-state index contributed by atoms with van der Waals surface area (Å²) in [6.07, 6.45) is 5.91. The molecule has 3 atom stereocenters. The molecule has 41 heavy (non-hydrogen) atoms. The predicted molar refractivity (Wildman–Crippen MR) is 156 cm³/mol. The summed E-state index contributed by atoms with van der Waals surface area (Å²) in [6.45, 7) is 2.05. The van der Waals surface area contributed by atoms with Crippen LogP contribution in [-0.4, -0.2) is 52.1 Å². The lowest BCUT2D eigenvalue weighted by Crippen LogP contribution is -2.38. The molecule has 1 amide bonds. The zero-order valence-electron chi connectivity index (χ0n) is 23.2. The number of rotatable bonds is 11. The van der Waals surface area contributed by atoms with Crippen molar-refractivity contribution in [3.63, 3.8) is 0 Å². The van der Waals surface area contributed by atoms with Gasteiger partial charge in [-0.15, -0.1) is 0 Å². The molecule has 1 aliphatic rings. The van der Waals surface area contributed by atoms with Crippen LogP contribution in [0.3, 0.4) is 0 Å². The van der Waals surface area contributed by atoms with Crippen molar-refractivity contribution in [2.75, 3.05) is 20.1 Å². The smallest absolute Gasteiger partial charge is 0.253 e. The van der Waals surface area contributed by atoms with Crippen molar-refractivity contribution >= 4 is 5.91 Å². The van der Waals surface area contributed by atoms with Crippen molar-refractivity contribution < 1.29 is 19.4 Å². The molecule has 2 aromatic carbocycles. The standard InChI is InChI=1S/C33H36N4O4/c1-37(18-15-29-6-2-3-17-35-29)22-30-19-31(26-11-9-25(23-38)10-12-26)41-33(40-30)27-13-7-24(8-14-27)20-36-32(39)28-5-4-16-34-21-28/h2-14,16-17,21,30-31,33,38H,15,18-20,22-23H2,1H3,(H,36,39)/t30-,31+,33+/m1/s1. The molecule has 1 fully saturated rings. The maximum atomic E-state index is 12.4. The van der Waals surface area contributed by atoms with E-state index in [1.807, 2.05) is 66.9 Å². The summed E-state index contributed by atoms with van der Waals surface area (Å²) in [5, 5.41) is 12.4. The third kappa shape index (κ3) is 8.05. The van der Waals surface area contributed by atoms with Crippen LogP contribution in [0.2, 0.25) is 0 Å². The number of carbonyl (C=O) groups excluding carboxylic acids is 1. The summed E-state index contributed by atoms with van der Waals surface area (Å²) < 4.78 is 13.0. The van der Waals surface area contributed by atoms with E-state index in [1.165, 1.54) is 0 Å². The molecule has 0 spiro atoms. The Kier molecular flexibility index (Phi) is 9.82. The lowest BCUT2D eigenvalue weighted by molar-refractivity contribution is -0.252. The number of ether oxygens (including phenoxy) is 2. The van der Waals surface area contributed by atoms with Crippen LogP contribution in [0.4, 0.5) is 0 Å². The van der Waals surface area contributed by atoms with Gasteiger partial charge < -0.3 is 24.8 Å². The largest absolute Gasteiger partial charge is 0.392 e. The van der Waals surface area contributed by atoms with Gasteiger partial charge in [-0.25, -0.2) is 0 Å². The fourth-order valence-electron chi connectivity index (χ4n) is 4.90. The fourth-order valence-corrected chi connectivity index (χ4v) is 4.90. The van der Waals surface area contributed by atoms with E-state index >= 15 is 0 Å². The van der Waals surface area contributed by atoms with E-state index in [9.17, 15) is 9.90 Å². The number of aliphatic hydroxyl groups excluding tert-OH is 1. The Labute approximate surface area is 241 Å². The number of pyridine rings is 2. The molecule has 0 bridgehead atoms. The lowest BCUT2D eigenvalue weighted by atomic mass is 9.99. The maximum absolute atomic E-state index is 12.4. The van der Waals surface area contributed by atoms with Gasteiger partial charge in [-0.2, -0.15) is 0 Å². The molecule has 1 saturated heterocycles. The van der Waals surface area contributed by atoms with Gasteiger partial charge in [0, 0.05) is 62.3 Å². The second-order valence-corrected chi connectivity index (χ2v) is 10.3. The molecule has 1 aliphatic heterocycles. The van der Waals surface area contributed by atoms with E-state index in [4.69, 9.17) is 9.47 Å². The summed E-state index contributed by atoms with van der Waals surface area (Å²) in [5.41, 5.74) is 5.43. The normalized spacial score (nSPS) is 18.8. The van der Waals surface area contributed by atoms with E-state index in [0.717, 1.165) is 53.9 Å². The fraction of sp³-hybridized carbons (Fsp3) is 0.303. The van der Waals surface area contributed by atoms with Crippen molar-refractivity contribution in [3.8, 4) is 0 Å². The van der Waals surface area contributed by atoms with Crippen molar-refractivity contribution in [1.29, 1.82) is 0 Å². The number of likely N-dealkylation sites (N-methyl/N-ethyl adjacent to an activating group) is 1. The number of aromatic nitrogens is 2. The molecule has 212 valence electrons. The summed E-state index contributed by atoms with van der Waals surface area (Å²) in [7, 11) is 2.11. The summed E-state index contributed by atoms with van der Waals surface area (Å²) in [5.74, 6) is -0.161. The molecule has 2 N–H and O–H groups in total. The number of amides is 1. The van der Waals surface area contributed by atoms with Crippen molar-refractivity contribution in [2.45, 2.75) is 44.5 Å². The molecule has 0 saturated carbocycles. The Balaban J connectivity index is 1.24. The van der Waals surface area contributed by atoms with Crippen LogP contribution in [0, 0.1) is 0 Å². The summed E-state index contributed by atoms with van der Waals surface area (Å²) >= 11 is 0. The van der Waals surface area contributed by atoms with Crippen LogP contribution >= 0.6 is 0 Å². The highest BCUT2D eigenvalue weighted by Crippen LogP contribution is 2.38. The van der Waals surface area contributed by atoms with Crippen molar-refractivity contribution in [2.24, 2.45) is 0 Å². The molecule has 4 aromatic rings. The average molecular weight is 553 g/mol. The Morgan fingerprint density at radius 3 is 2.44 bits per heavy atom.